The summed E-state index contributed by atoms with van der Waals surface area (Å²) in [5.74, 6) is 2.56. The fourth-order valence-electron chi connectivity index (χ4n) is 6.39. The van der Waals surface area contributed by atoms with E-state index in [4.69, 9.17) is 4.74 Å². The predicted molar refractivity (Wildman–Crippen MR) is 79.9 cm³/mol. The summed E-state index contributed by atoms with van der Waals surface area (Å²) in [6.07, 6.45) is 5.03. The van der Waals surface area contributed by atoms with Crippen LogP contribution in [0, 0.1) is 47.3 Å². The van der Waals surface area contributed by atoms with Gasteiger partial charge in [0.1, 0.15) is 6.10 Å². The molecule has 4 heteroatoms. The zero-order valence-electron chi connectivity index (χ0n) is 13.4. The molecule has 4 bridgehead atoms. The quantitative estimate of drug-likeness (QED) is 0.640. The number of carbonyl (C=O) groups excluding carboxylic acids is 1. The largest absolute Gasteiger partial charge is 0.481 e. The van der Waals surface area contributed by atoms with Crippen LogP contribution in [0.4, 0.5) is 0 Å². The van der Waals surface area contributed by atoms with E-state index < -0.39 is 5.97 Å². The van der Waals surface area contributed by atoms with Crippen LogP contribution in [0.5, 0.6) is 0 Å². The molecule has 1 N–H and O–H groups in total. The maximum absolute atomic E-state index is 12.1. The van der Waals surface area contributed by atoms with Gasteiger partial charge in [-0.1, -0.05) is 13.8 Å². The Morgan fingerprint density at radius 2 is 1.73 bits per heavy atom. The summed E-state index contributed by atoms with van der Waals surface area (Å²) in [7, 11) is 0. The Labute approximate surface area is 131 Å². The first-order chi connectivity index (χ1) is 10.5. The van der Waals surface area contributed by atoms with Crippen LogP contribution in [0.3, 0.4) is 0 Å². The minimum atomic E-state index is -0.589. The molecule has 4 aliphatic carbocycles. The van der Waals surface area contributed by atoms with Gasteiger partial charge in [0.05, 0.1) is 11.8 Å². The molecule has 0 aromatic rings. The van der Waals surface area contributed by atoms with Gasteiger partial charge in [-0.15, -0.1) is 0 Å². The van der Waals surface area contributed by atoms with Crippen LogP contribution in [0.15, 0.2) is 0 Å². The Kier molecular flexibility index (Phi) is 3.28. The number of ether oxygens (including phenoxy) is 1. The Balaban J connectivity index is 1.47. The van der Waals surface area contributed by atoms with Crippen molar-refractivity contribution < 1.29 is 19.4 Å². The summed E-state index contributed by atoms with van der Waals surface area (Å²) in [6, 6.07) is 0. The van der Waals surface area contributed by atoms with Gasteiger partial charge < -0.3 is 9.84 Å². The van der Waals surface area contributed by atoms with E-state index >= 15 is 0 Å². The smallest absolute Gasteiger partial charge is 0.308 e. The summed E-state index contributed by atoms with van der Waals surface area (Å²) in [5, 5.41) is 9.42. The third kappa shape index (κ3) is 1.88. The van der Waals surface area contributed by atoms with Gasteiger partial charge in [-0.05, 0) is 67.6 Å². The van der Waals surface area contributed by atoms with Crippen LogP contribution in [0.25, 0.3) is 0 Å². The monoisotopic (exact) mass is 306 g/mol. The van der Waals surface area contributed by atoms with Gasteiger partial charge >= 0.3 is 11.9 Å². The Morgan fingerprint density at radius 1 is 1.09 bits per heavy atom. The van der Waals surface area contributed by atoms with Gasteiger partial charge in [-0.2, -0.15) is 0 Å². The number of rotatable bonds is 4. The zero-order valence-corrected chi connectivity index (χ0v) is 13.4. The van der Waals surface area contributed by atoms with Crippen molar-refractivity contribution in [2.45, 2.75) is 52.1 Å². The molecule has 4 fully saturated rings. The van der Waals surface area contributed by atoms with E-state index in [1.54, 1.807) is 0 Å². The molecule has 4 nitrogen and oxygen atoms in total. The second-order valence-electron chi connectivity index (χ2n) is 8.17. The van der Waals surface area contributed by atoms with Crippen LogP contribution >= 0.6 is 0 Å². The third-order valence-corrected chi connectivity index (χ3v) is 7.36. The van der Waals surface area contributed by atoms with Crippen molar-refractivity contribution >= 4 is 11.9 Å². The molecular weight excluding hydrogens is 280 g/mol. The Morgan fingerprint density at radius 3 is 2.41 bits per heavy atom. The Hall–Kier alpha value is -1.06. The first-order valence-electron chi connectivity index (χ1n) is 8.94. The number of esters is 1. The topological polar surface area (TPSA) is 63.6 Å². The standard InChI is InChI=1S/C18H26O4/c1-3-8(2)18(21)22-14-7-10-6-13(14)16-9-4-11(15(10)16)12(5-9)17(19)20/h8-16H,3-7H2,1-2H3,(H,19,20). The van der Waals surface area contributed by atoms with Gasteiger partial charge in [0, 0.05) is 0 Å². The van der Waals surface area contributed by atoms with E-state index in [9.17, 15) is 14.7 Å². The lowest BCUT2D eigenvalue weighted by Gasteiger charge is -2.40. The number of aliphatic carboxylic acids is 1. The molecule has 4 rings (SSSR count). The molecule has 0 aliphatic heterocycles. The van der Waals surface area contributed by atoms with Crippen molar-refractivity contribution in [1.29, 1.82) is 0 Å². The van der Waals surface area contributed by atoms with Crippen molar-refractivity contribution in [2.24, 2.45) is 47.3 Å². The molecule has 0 spiro atoms. The van der Waals surface area contributed by atoms with Gasteiger partial charge in [-0.25, -0.2) is 0 Å². The van der Waals surface area contributed by atoms with Crippen LogP contribution in [0.2, 0.25) is 0 Å². The molecular formula is C18H26O4. The maximum Gasteiger partial charge on any atom is 0.308 e. The van der Waals surface area contributed by atoms with Gasteiger partial charge in [0.15, 0.2) is 0 Å². The summed E-state index contributed by atoms with van der Waals surface area (Å²) in [4.78, 5) is 23.5. The minimum absolute atomic E-state index is 0.00802. The van der Waals surface area contributed by atoms with Crippen LogP contribution in [0.1, 0.15) is 46.0 Å². The van der Waals surface area contributed by atoms with Crippen molar-refractivity contribution in [1.82, 2.24) is 0 Å². The molecule has 0 saturated heterocycles. The lowest BCUT2D eigenvalue weighted by Crippen LogP contribution is -2.41. The molecule has 0 aromatic heterocycles. The minimum Gasteiger partial charge on any atom is -0.481 e. The second-order valence-corrected chi connectivity index (χ2v) is 8.17. The van der Waals surface area contributed by atoms with Crippen LogP contribution in [-0.4, -0.2) is 23.1 Å². The normalized spacial score (nSPS) is 49.2. The molecule has 4 saturated carbocycles. The highest BCUT2D eigenvalue weighted by Crippen LogP contribution is 2.69. The van der Waals surface area contributed by atoms with Crippen LogP contribution in [-0.2, 0) is 14.3 Å². The number of carboxylic acid groups (broad SMARTS) is 1. The lowest BCUT2D eigenvalue weighted by molar-refractivity contribution is -0.159. The number of carbonyl (C=O) groups is 2. The fraction of sp³-hybridized carbons (Fsp3) is 0.889. The van der Waals surface area contributed by atoms with E-state index in [-0.39, 0.29) is 23.9 Å². The maximum atomic E-state index is 12.1. The average molecular weight is 306 g/mol. The number of carboxylic acids is 1. The summed E-state index contributed by atoms with van der Waals surface area (Å²) in [6.45, 7) is 3.96. The van der Waals surface area contributed by atoms with E-state index in [1.807, 2.05) is 13.8 Å². The molecule has 0 heterocycles. The van der Waals surface area contributed by atoms with E-state index in [0.717, 1.165) is 32.1 Å². The average Bonchev–Trinajstić information content (AvgIpc) is 3.22. The molecule has 0 aromatic carbocycles. The lowest BCUT2D eigenvalue weighted by atomic mass is 9.67. The van der Waals surface area contributed by atoms with Crippen molar-refractivity contribution in [3.63, 3.8) is 0 Å². The summed E-state index contributed by atoms with van der Waals surface area (Å²) in [5.41, 5.74) is 0. The van der Waals surface area contributed by atoms with E-state index in [0.29, 0.717) is 35.5 Å². The highest BCUT2D eigenvalue weighted by atomic mass is 16.5. The molecule has 4 aliphatic rings. The van der Waals surface area contributed by atoms with Gasteiger partial charge in [0.2, 0.25) is 0 Å². The summed E-state index contributed by atoms with van der Waals surface area (Å²) < 4.78 is 5.83. The van der Waals surface area contributed by atoms with E-state index in [2.05, 4.69) is 0 Å². The SMILES string of the molecule is CCC(C)C(=O)OC1CC2CC1C1C3CC(C(=O)O)C(C3)C21. The molecule has 0 radical (unpaired) electrons. The number of hydrogen-bond donors (Lipinski definition) is 1. The molecule has 22 heavy (non-hydrogen) atoms. The van der Waals surface area contributed by atoms with Gasteiger partial charge in [0.25, 0.3) is 0 Å². The first-order valence-corrected chi connectivity index (χ1v) is 8.94. The number of hydrogen-bond acceptors (Lipinski definition) is 3. The zero-order chi connectivity index (χ0) is 15.6. The highest BCUT2D eigenvalue weighted by molar-refractivity contribution is 5.72. The first kappa shape index (κ1) is 14.5. The third-order valence-electron chi connectivity index (χ3n) is 7.36. The molecule has 9 unspecified atom stereocenters. The number of fused-ring (bicyclic) bond motifs is 9. The van der Waals surface area contributed by atoms with Crippen LogP contribution < -0.4 is 0 Å². The highest BCUT2D eigenvalue weighted by Gasteiger charge is 2.66. The molecule has 0 amide bonds. The Bertz CT molecular complexity index is 501. The second kappa shape index (κ2) is 4.97. The van der Waals surface area contributed by atoms with Gasteiger partial charge in [-0.3, -0.25) is 9.59 Å². The van der Waals surface area contributed by atoms with E-state index in [1.165, 1.54) is 0 Å². The van der Waals surface area contributed by atoms with Crippen molar-refractivity contribution in [2.75, 3.05) is 0 Å². The predicted octanol–water partition coefficient (Wildman–Crippen LogP) is 2.96. The summed E-state index contributed by atoms with van der Waals surface area (Å²) >= 11 is 0. The van der Waals surface area contributed by atoms with Crippen molar-refractivity contribution in [3.8, 4) is 0 Å². The molecule has 9 atom stereocenters. The fourth-order valence-corrected chi connectivity index (χ4v) is 6.39. The van der Waals surface area contributed by atoms with Crippen molar-refractivity contribution in [3.05, 3.63) is 0 Å². The molecule has 122 valence electrons.